The molecule has 7 aromatic heterocycles. The summed E-state index contributed by atoms with van der Waals surface area (Å²) in [5.41, 5.74) is 10.7. The van der Waals surface area contributed by atoms with Crippen molar-refractivity contribution in [3.8, 4) is 79.3 Å². The molecule has 27 nitrogen and oxygen atoms in total. The van der Waals surface area contributed by atoms with Crippen LogP contribution in [0.5, 0.6) is 28.9 Å². The second-order valence-corrected chi connectivity index (χ2v) is 20.3. The van der Waals surface area contributed by atoms with Crippen LogP contribution in [-0.4, -0.2) is 134 Å². The van der Waals surface area contributed by atoms with Crippen LogP contribution in [-0.2, 0) is 0 Å². The lowest BCUT2D eigenvalue weighted by atomic mass is 10.0. The molecule has 0 saturated carbocycles. The molecule has 2 aliphatic rings. The average Bonchev–Trinajstić information content (AvgIpc) is 1.33. The number of carbonyl (C=O) groups is 3. The summed E-state index contributed by atoms with van der Waals surface area (Å²) < 4.78 is 84.4. The van der Waals surface area contributed by atoms with Gasteiger partial charge in [0, 0.05) is 74.6 Å². The van der Waals surface area contributed by atoms with Gasteiger partial charge in [-0.05, 0) is 140 Å². The number of hydrogen-bond acceptors (Lipinski definition) is 15. The van der Waals surface area contributed by atoms with Crippen molar-refractivity contribution in [2.45, 2.75) is 39.9 Å². The van der Waals surface area contributed by atoms with Crippen molar-refractivity contribution in [3.05, 3.63) is 147 Å². The van der Waals surface area contributed by atoms with Crippen molar-refractivity contribution in [1.82, 2.24) is 80.2 Å². The highest BCUT2D eigenvalue weighted by Crippen LogP contribution is 2.48. The molecule has 9 N–H and O–H groups in total. The monoisotopic (exact) mass is 1270 g/mol. The van der Waals surface area contributed by atoms with Crippen molar-refractivity contribution in [1.29, 1.82) is 0 Å². The number of pyridine rings is 1. The fourth-order valence-electron chi connectivity index (χ4n) is 9.92. The number of imidazole rings is 3. The van der Waals surface area contributed by atoms with Gasteiger partial charge in [-0.2, -0.15) is 32.9 Å². The molecule has 0 radical (unpaired) electrons. The number of rotatable bonds is 14. The highest BCUT2D eigenvalue weighted by molar-refractivity contribution is 5.97. The second kappa shape index (κ2) is 26.1. The van der Waals surface area contributed by atoms with Crippen LogP contribution in [0.1, 0.15) is 27.7 Å². The summed E-state index contributed by atoms with van der Waals surface area (Å²) in [4.78, 5) is 62.8. The molecule has 93 heavy (non-hydrogen) atoms. The van der Waals surface area contributed by atoms with Gasteiger partial charge in [0.05, 0.1) is 40.2 Å². The summed E-state index contributed by atoms with van der Waals surface area (Å²) in [6, 6.07) is 29.0. The number of aromatic nitrogens is 13. The minimum Gasteiger partial charge on any atom is -0.486 e. The zero-order chi connectivity index (χ0) is 64.8. The Bertz CT molecular complexity index is 4650. The number of carbonyl (C=O) groups excluding carboxylic acids is 3. The van der Waals surface area contributed by atoms with Crippen LogP contribution in [0.4, 0.5) is 49.8 Å². The molecule has 2 aliphatic heterocycles. The molecule has 0 spiro atoms. The Kier molecular flexibility index (Phi) is 17.1. The van der Waals surface area contributed by atoms with Crippen molar-refractivity contribution >= 4 is 69.0 Å². The van der Waals surface area contributed by atoms with Gasteiger partial charge in [0.15, 0.2) is 23.0 Å². The standard InChI is InChI=1S/C21H16F4N6O3.C21H20N6O3.C20H21N7O2/c1-2-26-19(32)30-18-28-13-8-12(9-14(17(13)29-18)31-7-3-6-27-31)11-4-5-15-16(10-11)34-21(24,25)20(22,23)33-15;1-2-22-21(28)26-20-24-15-10-14(11-16(19(15)25-20)27-7-3-6-23-27)13-4-5-17-18(12-13)30-9-8-29-17;1-3-21-20(28)26-19-24-15-10-14(13-6-7-17(22-12-13)29-4-2)11-16(18(15)25-19)27-9-5-8-23-27/h3-10H,2H2,1H3,(H3,26,28,29,30,32);3-7,10-12H,2,8-9H2,1H3,(H3,22,24,25,26,28);5-12H,3-4H2,1-2H3,(H3,21,24,25,26,28). The van der Waals surface area contributed by atoms with Gasteiger partial charge in [-0.1, -0.05) is 12.1 Å². The lowest BCUT2D eigenvalue weighted by molar-refractivity contribution is -0.391. The number of amides is 6. The summed E-state index contributed by atoms with van der Waals surface area (Å²) >= 11 is 0. The van der Waals surface area contributed by atoms with Gasteiger partial charge >= 0.3 is 30.3 Å². The van der Waals surface area contributed by atoms with E-state index < -0.39 is 29.7 Å². The number of nitrogens with zero attached hydrogens (tertiary/aromatic N) is 10. The Balaban J connectivity index is 0.000000135. The highest BCUT2D eigenvalue weighted by Gasteiger charge is 2.66. The lowest BCUT2D eigenvalue weighted by Gasteiger charge is -2.32. The van der Waals surface area contributed by atoms with Crippen molar-refractivity contribution < 1.29 is 55.6 Å². The molecule has 476 valence electrons. The van der Waals surface area contributed by atoms with Gasteiger partial charge in [0.2, 0.25) is 23.7 Å². The van der Waals surface area contributed by atoms with E-state index in [0.29, 0.717) is 96.1 Å². The molecule has 0 bridgehead atoms. The zero-order valence-electron chi connectivity index (χ0n) is 49.8. The molecule has 12 aromatic rings. The Hall–Kier alpha value is -12.2. The number of nitrogens with one attached hydrogen (secondary N) is 9. The molecule has 6 amide bonds. The molecule has 0 atom stereocenters. The summed E-state index contributed by atoms with van der Waals surface area (Å²) in [7, 11) is 0. The number of hydrogen-bond donors (Lipinski definition) is 9. The topological polar surface area (TPSA) is 322 Å². The molecule has 31 heteroatoms. The molecule has 0 saturated heterocycles. The normalized spacial score (nSPS) is 13.2. The third kappa shape index (κ3) is 13.3. The first kappa shape index (κ1) is 61.1. The lowest BCUT2D eigenvalue weighted by Crippen LogP contribution is -2.52. The Morgan fingerprint density at radius 1 is 0.495 bits per heavy atom. The molecule has 0 aliphatic carbocycles. The molecular formula is C62H57F4N19O8. The highest BCUT2D eigenvalue weighted by atomic mass is 19.3. The van der Waals surface area contributed by atoms with Gasteiger partial charge in [-0.25, -0.2) is 48.4 Å². The molecule has 9 heterocycles. The van der Waals surface area contributed by atoms with Crippen LogP contribution < -0.4 is 55.6 Å². The van der Waals surface area contributed by atoms with E-state index in [4.69, 9.17) is 14.2 Å². The van der Waals surface area contributed by atoms with Gasteiger partial charge in [0.25, 0.3) is 0 Å². The third-order valence-electron chi connectivity index (χ3n) is 14.0. The first-order valence-corrected chi connectivity index (χ1v) is 29.1. The summed E-state index contributed by atoms with van der Waals surface area (Å²) in [5.74, 6) is 1.91. The minimum absolute atomic E-state index is 0.176. The number of H-pyrrole nitrogens is 3. The van der Waals surface area contributed by atoms with Crippen molar-refractivity contribution in [2.75, 3.05) is 55.4 Å². The van der Waals surface area contributed by atoms with E-state index in [1.165, 1.54) is 16.8 Å². The number of urea groups is 3. The molecule has 0 unspecified atom stereocenters. The zero-order valence-corrected chi connectivity index (χ0v) is 49.8. The maximum atomic E-state index is 13.7. The number of ether oxygens (including phenoxy) is 5. The van der Waals surface area contributed by atoms with E-state index in [1.54, 1.807) is 65.5 Å². The number of alkyl halides is 4. The second-order valence-electron chi connectivity index (χ2n) is 20.3. The van der Waals surface area contributed by atoms with Crippen molar-refractivity contribution in [3.63, 3.8) is 0 Å². The van der Waals surface area contributed by atoms with E-state index in [9.17, 15) is 31.9 Å². The fraction of sp³-hybridized carbons (Fsp3) is 0.194. The fourth-order valence-corrected chi connectivity index (χ4v) is 9.92. The predicted molar refractivity (Wildman–Crippen MR) is 335 cm³/mol. The molecular weight excluding hydrogens is 1210 g/mol. The average molecular weight is 1270 g/mol. The summed E-state index contributed by atoms with van der Waals surface area (Å²) in [5, 5.41) is 28.9. The maximum absolute atomic E-state index is 13.7. The molecule has 5 aromatic carbocycles. The largest absolute Gasteiger partial charge is 0.507 e. The first-order chi connectivity index (χ1) is 45.0. The van der Waals surface area contributed by atoms with Crippen molar-refractivity contribution in [2.24, 2.45) is 0 Å². The maximum Gasteiger partial charge on any atom is 0.507 e. The molecule has 14 rings (SSSR count). The smallest absolute Gasteiger partial charge is 0.486 e. The number of fused-ring (bicyclic) bond motifs is 5. The van der Waals surface area contributed by atoms with Gasteiger partial charge in [-0.15, -0.1) is 0 Å². The Morgan fingerprint density at radius 2 is 0.892 bits per heavy atom. The summed E-state index contributed by atoms with van der Waals surface area (Å²) in [6.07, 6.45) is 2.50. The third-order valence-corrected chi connectivity index (χ3v) is 14.0. The molecule has 0 fully saturated rings. The van der Waals surface area contributed by atoms with Gasteiger partial charge in [0.1, 0.15) is 29.8 Å². The van der Waals surface area contributed by atoms with E-state index in [2.05, 4.69) is 91.6 Å². The van der Waals surface area contributed by atoms with Crippen LogP contribution in [0.3, 0.4) is 0 Å². The first-order valence-electron chi connectivity index (χ1n) is 29.1. The quantitative estimate of drug-likeness (QED) is 0.0457. The Morgan fingerprint density at radius 3 is 1.29 bits per heavy atom. The number of halogens is 4. The SMILES string of the molecule is CCNC(=O)Nc1nc2c(-n3cccn3)cc(-c3ccc(OCC)nc3)cc2[nH]1.CCNC(=O)Nc1nc2c(-n3cccn3)cc(-c3ccc4c(c3)OC(F)(F)C(F)(F)O4)cc2[nH]1.CCNC(=O)Nc1nc2c(-n3cccn3)cc(-c3ccc4c(c3)OCCO4)cc2[nH]1. The van der Waals surface area contributed by atoms with Crippen LogP contribution in [0.15, 0.2) is 147 Å². The van der Waals surface area contributed by atoms with E-state index in [1.807, 2.05) is 99.9 Å². The number of aromatic amines is 3. The van der Waals surface area contributed by atoms with Crippen LogP contribution in [0, 0.1) is 0 Å². The van der Waals surface area contributed by atoms with E-state index in [0.717, 1.165) is 62.2 Å². The van der Waals surface area contributed by atoms with E-state index in [-0.39, 0.29) is 18.0 Å². The van der Waals surface area contributed by atoms with Gasteiger partial charge in [-0.3, -0.25) is 16.0 Å². The van der Waals surface area contributed by atoms with Gasteiger partial charge < -0.3 is 54.6 Å². The van der Waals surface area contributed by atoms with Crippen LogP contribution >= 0.6 is 0 Å². The number of benzene rings is 5. The predicted octanol–water partition coefficient (Wildman–Crippen LogP) is 11.2. The number of anilines is 3. The van der Waals surface area contributed by atoms with Crippen LogP contribution in [0.25, 0.3) is 83.5 Å². The summed E-state index contributed by atoms with van der Waals surface area (Å²) in [6.45, 7) is 10.5. The minimum atomic E-state index is -4.83. The van der Waals surface area contributed by atoms with E-state index >= 15 is 0 Å². The Labute approximate surface area is 524 Å². The van der Waals surface area contributed by atoms with Crippen LogP contribution in [0.2, 0.25) is 0 Å².